The first-order valence-electron chi connectivity index (χ1n) is 9.53. The van der Waals surface area contributed by atoms with Crippen LogP contribution in [-0.4, -0.2) is 15.5 Å². The summed E-state index contributed by atoms with van der Waals surface area (Å²) in [7, 11) is 0. The van der Waals surface area contributed by atoms with E-state index in [1.165, 1.54) is 6.07 Å². The number of rotatable bonds is 6. The molecule has 4 rings (SSSR count). The molecule has 0 spiro atoms. The van der Waals surface area contributed by atoms with Gasteiger partial charge in [0, 0.05) is 28.6 Å². The first kappa shape index (κ1) is 20.6. The molecule has 4 aromatic rings. The molecule has 0 unspecified atom stereocenters. The fraction of sp³-hybridized carbons (Fsp3) is 0.0417. The van der Waals surface area contributed by atoms with Crippen molar-refractivity contribution in [1.29, 1.82) is 0 Å². The monoisotopic (exact) mass is 475 g/mol. The SMILES string of the molecule is O=C(Nc1ccc(Cn2ccccc2=O)cc1)c1cccnc1Oc1ccc(Br)cc1. The Balaban J connectivity index is 1.46. The van der Waals surface area contributed by atoms with Gasteiger partial charge in [0.1, 0.15) is 11.3 Å². The maximum atomic E-state index is 12.8. The fourth-order valence-corrected chi connectivity index (χ4v) is 3.20. The summed E-state index contributed by atoms with van der Waals surface area (Å²) in [5, 5.41) is 2.86. The highest BCUT2D eigenvalue weighted by molar-refractivity contribution is 9.10. The summed E-state index contributed by atoms with van der Waals surface area (Å²) in [6, 6.07) is 23.0. The smallest absolute Gasteiger partial charge is 0.261 e. The number of halogens is 1. The van der Waals surface area contributed by atoms with Crippen LogP contribution >= 0.6 is 15.9 Å². The van der Waals surface area contributed by atoms with Gasteiger partial charge in [0.15, 0.2) is 0 Å². The lowest BCUT2D eigenvalue weighted by Gasteiger charge is -2.11. The third kappa shape index (κ3) is 5.26. The van der Waals surface area contributed by atoms with Gasteiger partial charge in [-0.2, -0.15) is 0 Å². The van der Waals surface area contributed by atoms with Crippen molar-refractivity contribution in [2.24, 2.45) is 0 Å². The zero-order chi connectivity index (χ0) is 21.6. The highest BCUT2D eigenvalue weighted by Crippen LogP contribution is 2.25. The van der Waals surface area contributed by atoms with Crippen LogP contribution in [0.3, 0.4) is 0 Å². The van der Waals surface area contributed by atoms with Crippen molar-refractivity contribution in [2.45, 2.75) is 6.54 Å². The molecule has 2 heterocycles. The second kappa shape index (κ2) is 9.40. The van der Waals surface area contributed by atoms with Gasteiger partial charge >= 0.3 is 0 Å². The predicted molar refractivity (Wildman–Crippen MR) is 123 cm³/mol. The van der Waals surface area contributed by atoms with E-state index in [1.54, 1.807) is 59.4 Å². The van der Waals surface area contributed by atoms with Gasteiger partial charge < -0.3 is 14.6 Å². The molecule has 31 heavy (non-hydrogen) atoms. The summed E-state index contributed by atoms with van der Waals surface area (Å²) in [6.07, 6.45) is 3.32. The van der Waals surface area contributed by atoms with Crippen LogP contribution in [-0.2, 0) is 6.54 Å². The number of anilines is 1. The summed E-state index contributed by atoms with van der Waals surface area (Å²) >= 11 is 3.38. The number of carbonyl (C=O) groups excluding carboxylic acids is 1. The second-order valence-corrected chi connectivity index (χ2v) is 7.65. The Bertz CT molecular complexity index is 1250. The number of carbonyl (C=O) groups is 1. The van der Waals surface area contributed by atoms with E-state index >= 15 is 0 Å². The minimum Gasteiger partial charge on any atom is -0.438 e. The van der Waals surface area contributed by atoms with Crippen molar-refractivity contribution in [2.75, 3.05) is 5.32 Å². The zero-order valence-electron chi connectivity index (χ0n) is 16.4. The molecule has 0 fully saturated rings. The van der Waals surface area contributed by atoms with E-state index in [-0.39, 0.29) is 17.3 Å². The lowest BCUT2D eigenvalue weighted by atomic mass is 10.2. The Morgan fingerprint density at radius 2 is 1.74 bits per heavy atom. The molecule has 0 aliphatic rings. The molecular weight excluding hydrogens is 458 g/mol. The molecule has 1 amide bonds. The summed E-state index contributed by atoms with van der Waals surface area (Å²) in [4.78, 5) is 28.9. The number of ether oxygens (including phenoxy) is 1. The van der Waals surface area contributed by atoms with Gasteiger partial charge in [0.05, 0.1) is 6.54 Å². The standard InChI is InChI=1S/C24H18BrN3O3/c25-18-8-12-20(13-9-18)31-24-21(4-3-14-26-24)23(30)27-19-10-6-17(7-11-19)16-28-15-2-1-5-22(28)29/h1-15H,16H2,(H,27,30). The van der Waals surface area contributed by atoms with Crippen molar-refractivity contribution >= 4 is 27.5 Å². The second-order valence-electron chi connectivity index (χ2n) is 6.73. The van der Waals surface area contributed by atoms with Crippen molar-refractivity contribution in [3.63, 3.8) is 0 Å². The van der Waals surface area contributed by atoms with E-state index in [1.807, 2.05) is 30.3 Å². The number of nitrogens with zero attached hydrogens (tertiary/aromatic N) is 2. The molecule has 2 aromatic carbocycles. The van der Waals surface area contributed by atoms with Crippen LogP contribution in [0.2, 0.25) is 0 Å². The van der Waals surface area contributed by atoms with Crippen LogP contribution in [0.1, 0.15) is 15.9 Å². The lowest BCUT2D eigenvalue weighted by molar-refractivity contribution is 0.102. The predicted octanol–water partition coefficient (Wildman–Crippen LogP) is 5.10. The van der Waals surface area contributed by atoms with Crippen molar-refractivity contribution in [3.8, 4) is 11.6 Å². The fourth-order valence-electron chi connectivity index (χ4n) is 2.94. The molecule has 0 aliphatic carbocycles. The summed E-state index contributed by atoms with van der Waals surface area (Å²) < 4.78 is 8.34. The maximum Gasteiger partial charge on any atom is 0.261 e. The van der Waals surface area contributed by atoms with Crippen LogP contribution in [0, 0.1) is 0 Å². The molecule has 0 bridgehead atoms. The van der Waals surface area contributed by atoms with Crippen LogP contribution in [0.4, 0.5) is 5.69 Å². The summed E-state index contributed by atoms with van der Waals surface area (Å²) in [5.74, 6) is 0.478. The average molecular weight is 476 g/mol. The number of hydrogen-bond acceptors (Lipinski definition) is 4. The molecule has 2 aromatic heterocycles. The minimum absolute atomic E-state index is 0.0604. The first-order chi connectivity index (χ1) is 15.1. The van der Waals surface area contributed by atoms with E-state index in [4.69, 9.17) is 4.74 Å². The topological polar surface area (TPSA) is 73.2 Å². The number of pyridine rings is 2. The van der Waals surface area contributed by atoms with E-state index in [9.17, 15) is 9.59 Å². The van der Waals surface area contributed by atoms with Gasteiger partial charge in [-0.1, -0.05) is 34.1 Å². The number of aromatic nitrogens is 2. The number of amides is 1. The largest absolute Gasteiger partial charge is 0.438 e. The normalized spacial score (nSPS) is 10.5. The Kier molecular flexibility index (Phi) is 6.24. The van der Waals surface area contributed by atoms with Gasteiger partial charge in [0.25, 0.3) is 11.5 Å². The molecule has 154 valence electrons. The van der Waals surface area contributed by atoms with Gasteiger partial charge in [-0.15, -0.1) is 0 Å². The van der Waals surface area contributed by atoms with Crippen LogP contribution in [0.5, 0.6) is 11.6 Å². The molecule has 0 radical (unpaired) electrons. The average Bonchev–Trinajstić information content (AvgIpc) is 2.78. The van der Waals surface area contributed by atoms with Crippen molar-refractivity contribution in [3.05, 3.63) is 117 Å². The van der Waals surface area contributed by atoms with Gasteiger partial charge in [-0.25, -0.2) is 4.98 Å². The molecule has 6 nitrogen and oxygen atoms in total. The van der Waals surface area contributed by atoms with Crippen LogP contribution in [0.25, 0.3) is 0 Å². The van der Waals surface area contributed by atoms with E-state index in [0.717, 1.165) is 10.0 Å². The lowest BCUT2D eigenvalue weighted by Crippen LogP contribution is -2.18. The van der Waals surface area contributed by atoms with E-state index in [2.05, 4.69) is 26.2 Å². The van der Waals surface area contributed by atoms with E-state index < -0.39 is 0 Å². The Morgan fingerprint density at radius 3 is 2.48 bits per heavy atom. The molecule has 0 saturated carbocycles. The first-order valence-corrected chi connectivity index (χ1v) is 10.3. The molecular formula is C24H18BrN3O3. The van der Waals surface area contributed by atoms with Crippen molar-refractivity contribution < 1.29 is 9.53 Å². The molecule has 7 heteroatoms. The highest BCUT2D eigenvalue weighted by Gasteiger charge is 2.14. The Hall–Kier alpha value is -3.71. The molecule has 0 atom stereocenters. The van der Waals surface area contributed by atoms with Gasteiger partial charge in [-0.05, 0) is 60.2 Å². The van der Waals surface area contributed by atoms with Gasteiger partial charge in [-0.3, -0.25) is 9.59 Å². The van der Waals surface area contributed by atoms with Crippen molar-refractivity contribution in [1.82, 2.24) is 9.55 Å². The zero-order valence-corrected chi connectivity index (χ0v) is 18.0. The molecule has 0 saturated heterocycles. The maximum absolute atomic E-state index is 12.8. The Morgan fingerprint density at radius 1 is 0.968 bits per heavy atom. The van der Waals surface area contributed by atoms with Crippen LogP contribution < -0.4 is 15.6 Å². The quantitative estimate of drug-likeness (QED) is 0.421. The van der Waals surface area contributed by atoms with Crippen LogP contribution in [0.15, 0.2) is 101 Å². The third-order valence-corrected chi connectivity index (χ3v) is 5.04. The number of nitrogens with one attached hydrogen (secondary N) is 1. The van der Waals surface area contributed by atoms with E-state index in [0.29, 0.717) is 23.5 Å². The minimum atomic E-state index is -0.327. The Labute approximate surface area is 187 Å². The van der Waals surface area contributed by atoms with Gasteiger partial charge in [0.2, 0.25) is 5.88 Å². The molecule has 0 aliphatic heterocycles. The molecule has 1 N–H and O–H groups in total. The highest BCUT2D eigenvalue weighted by atomic mass is 79.9. The number of hydrogen-bond donors (Lipinski definition) is 1. The third-order valence-electron chi connectivity index (χ3n) is 4.51. The summed E-state index contributed by atoms with van der Waals surface area (Å²) in [5.41, 5.74) is 1.85. The number of benzene rings is 2. The summed E-state index contributed by atoms with van der Waals surface area (Å²) in [6.45, 7) is 0.460.